The number of benzene rings is 1. The molecule has 0 aliphatic carbocycles. The van der Waals surface area contributed by atoms with Gasteiger partial charge < -0.3 is 20.1 Å². The summed E-state index contributed by atoms with van der Waals surface area (Å²) in [5.74, 6) is 1.55. The second-order valence-electron chi connectivity index (χ2n) is 3.67. The van der Waals surface area contributed by atoms with Crippen molar-refractivity contribution < 1.29 is 9.47 Å². The quantitative estimate of drug-likeness (QED) is 0.345. The highest BCUT2D eigenvalue weighted by atomic mass is 127. The predicted molar refractivity (Wildman–Crippen MR) is 89.9 cm³/mol. The first-order chi connectivity index (χ1) is 8.80. The zero-order chi connectivity index (χ0) is 13.2. The van der Waals surface area contributed by atoms with Gasteiger partial charge >= 0.3 is 0 Å². The van der Waals surface area contributed by atoms with Crippen molar-refractivity contribution in [1.82, 2.24) is 5.32 Å². The van der Waals surface area contributed by atoms with Gasteiger partial charge in [0, 0.05) is 46.0 Å². The third kappa shape index (κ3) is 7.22. The van der Waals surface area contributed by atoms with Gasteiger partial charge in [0.15, 0.2) is 5.96 Å². The Morgan fingerprint density at radius 3 is 2.74 bits per heavy atom. The monoisotopic (exact) mass is 379 g/mol. The number of rotatable bonds is 6. The number of nitrogens with zero attached hydrogens (tertiary/aromatic N) is 1. The Morgan fingerprint density at radius 1 is 1.32 bits per heavy atom. The van der Waals surface area contributed by atoms with Crippen LogP contribution in [0.15, 0.2) is 29.3 Å². The van der Waals surface area contributed by atoms with Crippen molar-refractivity contribution in [3.63, 3.8) is 0 Å². The minimum atomic E-state index is 0. The molecule has 0 saturated heterocycles. The first-order valence-corrected chi connectivity index (χ1v) is 5.93. The molecule has 0 spiro atoms. The van der Waals surface area contributed by atoms with Crippen LogP contribution in [-0.4, -0.2) is 40.4 Å². The van der Waals surface area contributed by atoms with Gasteiger partial charge in [0.1, 0.15) is 5.75 Å². The fourth-order valence-electron chi connectivity index (χ4n) is 1.42. The molecule has 0 fully saturated rings. The third-order valence-electron chi connectivity index (χ3n) is 2.32. The Labute approximate surface area is 131 Å². The van der Waals surface area contributed by atoms with Crippen molar-refractivity contribution in [2.45, 2.75) is 6.42 Å². The number of anilines is 1. The van der Waals surface area contributed by atoms with Gasteiger partial charge in [-0.05, 0) is 12.1 Å². The van der Waals surface area contributed by atoms with Crippen molar-refractivity contribution in [3.8, 4) is 5.75 Å². The molecule has 1 aromatic carbocycles. The Balaban J connectivity index is 0.00000324. The summed E-state index contributed by atoms with van der Waals surface area (Å²) >= 11 is 0. The molecule has 19 heavy (non-hydrogen) atoms. The number of ether oxygens (including phenoxy) is 2. The molecular weight excluding hydrogens is 357 g/mol. The van der Waals surface area contributed by atoms with Crippen LogP contribution >= 0.6 is 24.0 Å². The lowest BCUT2D eigenvalue weighted by molar-refractivity contribution is 0.172. The molecule has 108 valence electrons. The highest BCUT2D eigenvalue weighted by Gasteiger charge is 1.99. The molecule has 5 nitrogen and oxygen atoms in total. The number of nitrogens with one attached hydrogen (secondary N) is 2. The fraction of sp³-hybridized carbons (Fsp3) is 0.462. The predicted octanol–water partition coefficient (Wildman–Crippen LogP) is 2.34. The summed E-state index contributed by atoms with van der Waals surface area (Å²) in [4.78, 5) is 4.06. The average Bonchev–Trinajstić information content (AvgIpc) is 2.41. The van der Waals surface area contributed by atoms with Gasteiger partial charge in [-0.1, -0.05) is 6.07 Å². The summed E-state index contributed by atoms with van der Waals surface area (Å²) < 4.78 is 10.6. The number of hydrogen-bond acceptors (Lipinski definition) is 3. The summed E-state index contributed by atoms with van der Waals surface area (Å²) in [6, 6.07) is 7.77. The molecule has 0 bridgehead atoms. The second-order valence-corrected chi connectivity index (χ2v) is 3.67. The molecule has 2 N–H and O–H groups in total. The number of guanidine groups is 1. The molecule has 0 aromatic heterocycles. The lowest BCUT2D eigenvalue weighted by Crippen LogP contribution is -2.26. The van der Waals surface area contributed by atoms with Gasteiger partial charge in [0.2, 0.25) is 0 Å². The Bertz CT molecular complexity index is 386. The minimum absolute atomic E-state index is 0. The summed E-state index contributed by atoms with van der Waals surface area (Å²) in [7, 11) is 5.23. The van der Waals surface area contributed by atoms with E-state index in [0.29, 0.717) is 19.2 Å². The Kier molecular flexibility index (Phi) is 10.3. The molecule has 6 heteroatoms. The zero-order valence-corrected chi connectivity index (χ0v) is 13.9. The average molecular weight is 379 g/mol. The second kappa shape index (κ2) is 10.9. The first-order valence-electron chi connectivity index (χ1n) is 5.93. The number of aliphatic imine (C=N–C) groups is 1. The summed E-state index contributed by atoms with van der Waals surface area (Å²) in [6.07, 6.45) is 0.881. The van der Waals surface area contributed by atoms with Crippen molar-refractivity contribution in [2.75, 3.05) is 39.7 Å². The largest absolute Gasteiger partial charge is 0.493 e. The maximum Gasteiger partial charge on any atom is 0.195 e. The first kappa shape index (κ1) is 18.0. The number of hydrogen-bond donors (Lipinski definition) is 2. The molecular formula is C13H22IN3O2. The van der Waals surface area contributed by atoms with Crippen LogP contribution in [0.4, 0.5) is 5.69 Å². The molecule has 0 aliphatic heterocycles. The van der Waals surface area contributed by atoms with Crippen LogP contribution in [0.3, 0.4) is 0 Å². The van der Waals surface area contributed by atoms with E-state index in [2.05, 4.69) is 15.6 Å². The molecule has 0 unspecified atom stereocenters. The van der Waals surface area contributed by atoms with Crippen molar-refractivity contribution in [3.05, 3.63) is 24.3 Å². The fourth-order valence-corrected chi connectivity index (χ4v) is 1.42. The van der Waals surface area contributed by atoms with E-state index < -0.39 is 0 Å². The van der Waals surface area contributed by atoms with E-state index >= 15 is 0 Å². The van der Waals surface area contributed by atoms with E-state index in [-0.39, 0.29) is 24.0 Å². The third-order valence-corrected chi connectivity index (χ3v) is 2.32. The van der Waals surface area contributed by atoms with E-state index in [9.17, 15) is 0 Å². The van der Waals surface area contributed by atoms with E-state index in [0.717, 1.165) is 17.9 Å². The van der Waals surface area contributed by atoms with Crippen molar-refractivity contribution in [1.29, 1.82) is 0 Å². The molecule has 0 radical (unpaired) electrons. The van der Waals surface area contributed by atoms with Crippen LogP contribution in [0, 0.1) is 0 Å². The topological polar surface area (TPSA) is 54.9 Å². The summed E-state index contributed by atoms with van der Waals surface area (Å²) in [5.41, 5.74) is 0.939. The van der Waals surface area contributed by atoms with Gasteiger partial charge in [-0.3, -0.25) is 4.99 Å². The van der Waals surface area contributed by atoms with Gasteiger partial charge in [0.05, 0.1) is 6.61 Å². The van der Waals surface area contributed by atoms with Crippen LogP contribution in [0.2, 0.25) is 0 Å². The van der Waals surface area contributed by atoms with Crippen LogP contribution in [-0.2, 0) is 4.74 Å². The highest BCUT2D eigenvalue weighted by Crippen LogP contribution is 2.17. The van der Waals surface area contributed by atoms with Gasteiger partial charge in [-0.25, -0.2) is 0 Å². The van der Waals surface area contributed by atoms with Crippen LogP contribution in [0.25, 0.3) is 0 Å². The van der Waals surface area contributed by atoms with Crippen molar-refractivity contribution in [2.24, 2.45) is 4.99 Å². The molecule has 0 saturated carbocycles. The van der Waals surface area contributed by atoms with Crippen LogP contribution < -0.4 is 15.4 Å². The standard InChI is InChI=1S/C13H21N3O2.HI/c1-14-13(15-2)16-11-6-4-7-12(10-11)18-9-5-8-17-3;/h4,6-7,10H,5,8-9H2,1-3H3,(H2,14,15,16);1H. The van der Waals surface area contributed by atoms with Crippen LogP contribution in [0.1, 0.15) is 6.42 Å². The van der Waals surface area contributed by atoms with E-state index in [1.54, 1.807) is 14.2 Å². The maximum atomic E-state index is 5.62. The molecule has 1 aromatic rings. The van der Waals surface area contributed by atoms with Gasteiger partial charge in [-0.15, -0.1) is 24.0 Å². The normalized spacial score (nSPS) is 10.6. The molecule has 0 heterocycles. The smallest absolute Gasteiger partial charge is 0.195 e. The summed E-state index contributed by atoms with van der Waals surface area (Å²) in [6.45, 7) is 1.36. The lowest BCUT2D eigenvalue weighted by atomic mass is 10.3. The van der Waals surface area contributed by atoms with Crippen LogP contribution in [0.5, 0.6) is 5.75 Å². The molecule has 0 amide bonds. The van der Waals surface area contributed by atoms with Gasteiger partial charge in [-0.2, -0.15) is 0 Å². The summed E-state index contributed by atoms with van der Waals surface area (Å²) in [5, 5.41) is 6.12. The zero-order valence-electron chi connectivity index (χ0n) is 11.6. The van der Waals surface area contributed by atoms with E-state index in [4.69, 9.17) is 9.47 Å². The lowest BCUT2D eigenvalue weighted by Gasteiger charge is -2.10. The number of halogens is 1. The Hall–Kier alpha value is -1.02. The maximum absolute atomic E-state index is 5.62. The minimum Gasteiger partial charge on any atom is -0.493 e. The van der Waals surface area contributed by atoms with E-state index in [1.165, 1.54) is 0 Å². The highest BCUT2D eigenvalue weighted by molar-refractivity contribution is 14.0. The number of methoxy groups -OCH3 is 1. The van der Waals surface area contributed by atoms with Crippen molar-refractivity contribution >= 4 is 35.6 Å². The Morgan fingerprint density at radius 2 is 2.11 bits per heavy atom. The molecule has 0 aliphatic rings. The molecule has 1 rings (SSSR count). The van der Waals surface area contributed by atoms with E-state index in [1.807, 2.05) is 31.3 Å². The van der Waals surface area contributed by atoms with Gasteiger partial charge in [0.25, 0.3) is 0 Å². The molecule has 0 atom stereocenters. The SMILES string of the molecule is CN=C(NC)Nc1cccc(OCCCOC)c1.I.